The summed E-state index contributed by atoms with van der Waals surface area (Å²) in [4.78, 5) is 0. The third-order valence-corrected chi connectivity index (χ3v) is 9.09. The summed E-state index contributed by atoms with van der Waals surface area (Å²) in [6.07, 6.45) is 14.6. The van der Waals surface area contributed by atoms with Crippen molar-refractivity contribution in [2.24, 2.45) is 0 Å². The Bertz CT molecular complexity index is 281. The van der Waals surface area contributed by atoms with Crippen molar-refractivity contribution in [2.45, 2.75) is 95.8 Å². The van der Waals surface area contributed by atoms with Crippen LogP contribution in [-0.2, 0) is 0 Å². The highest BCUT2D eigenvalue weighted by molar-refractivity contribution is 7.53. The molecule has 20 heavy (non-hydrogen) atoms. The summed E-state index contributed by atoms with van der Waals surface area (Å²) >= 11 is 0. The normalized spacial score (nSPS) is 33.8. The Labute approximate surface area is 127 Å². The van der Waals surface area contributed by atoms with E-state index in [1.807, 2.05) is 0 Å². The van der Waals surface area contributed by atoms with Gasteiger partial charge in [0, 0.05) is 39.1 Å². The van der Waals surface area contributed by atoms with Crippen molar-refractivity contribution >= 4 is 8.22 Å². The van der Waals surface area contributed by atoms with Gasteiger partial charge in [-0.2, -0.15) is 0 Å². The molecule has 116 valence electrons. The third-order valence-electron chi connectivity index (χ3n) is 5.81. The maximum absolute atomic E-state index is 3.00. The molecule has 0 spiro atoms. The molecule has 1 saturated carbocycles. The van der Waals surface area contributed by atoms with Crippen LogP contribution in [-0.4, -0.2) is 40.2 Å². The molecule has 0 radical (unpaired) electrons. The van der Waals surface area contributed by atoms with Crippen LogP contribution in [0.2, 0.25) is 0 Å². The molecule has 3 aliphatic rings. The summed E-state index contributed by atoms with van der Waals surface area (Å²) in [5, 5.41) is 0. The standard InChI is InChI=1S/C17H33N2P/c1-3-15-9-7-13-18(15)20(17-11-5-6-12-17)19-14-8-10-16(19)4-2/h15-17H,3-14H2,1-2H3/t15-,16-/m0/s1. The minimum absolute atomic E-state index is 0.0123. The maximum Gasteiger partial charge on any atom is 0.0432 e. The average molecular weight is 296 g/mol. The van der Waals surface area contributed by atoms with Crippen LogP contribution in [0.5, 0.6) is 0 Å². The molecule has 0 aromatic heterocycles. The Hall–Kier alpha value is 0.350. The smallest absolute Gasteiger partial charge is 0.0432 e. The van der Waals surface area contributed by atoms with Gasteiger partial charge in [0.25, 0.3) is 0 Å². The molecule has 0 aromatic rings. The molecule has 2 saturated heterocycles. The number of nitrogens with zero attached hydrogens (tertiary/aromatic N) is 2. The second-order valence-electron chi connectivity index (χ2n) is 6.99. The second kappa shape index (κ2) is 7.07. The van der Waals surface area contributed by atoms with Crippen LogP contribution in [0.15, 0.2) is 0 Å². The van der Waals surface area contributed by atoms with Crippen molar-refractivity contribution in [2.75, 3.05) is 13.1 Å². The maximum atomic E-state index is 3.00. The van der Waals surface area contributed by atoms with Crippen LogP contribution in [0.25, 0.3) is 0 Å². The predicted molar refractivity (Wildman–Crippen MR) is 89.2 cm³/mol. The van der Waals surface area contributed by atoms with E-state index in [1.54, 1.807) is 0 Å². The molecule has 2 heterocycles. The minimum Gasteiger partial charge on any atom is -0.267 e. The molecule has 2 nitrogen and oxygen atoms in total. The van der Waals surface area contributed by atoms with E-state index in [0.717, 1.165) is 17.7 Å². The first kappa shape index (κ1) is 15.3. The van der Waals surface area contributed by atoms with E-state index >= 15 is 0 Å². The fourth-order valence-corrected chi connectivity index (χ4v) is 8.59. The summed E-state index contributed by atoms with van der Waals surface area (Å²) in [5.41, 5.74) is 1.03. The van der Waals surface area contributed by atoms with E-state index in [9.17, 15) is 0 Å². The predicted octanol–water partition coefficient (Wildman–Crippen LogP) is 4.99. The Kier molecular flexibility index (Phi) is 5.39. The lowest BCUT2D eigenvalue weighted by Gasteiger charge is -2.44. The number of hydrogen-bond acceptors (Lipinski definition) is 2. The molecule has 0 N–H and O–H groups in total. The summed E-state index contributed by atoms with van der Waals surface area (Å²) in [7, 11) is 0.0123. The van der Waals surface area contributed by atoms with Crippen LogP contribution in [0.1, 0.15) is 78.1 Å². The van der Waals surface area contributed by atoms with Crippen LogP contribution >= 0.6 is 8.22 Å². The second-order valence-corrected chi connectivity index (χ2v) is 9.39. The van der Waals surface area contributed by atoms with Gasteiger partial charge in [0.1, 0.15) is 0 Å². The van der Waals surface area contributed by atoms with Crippen LogP contribution < -0.4 is 0 Å². The van der Waals surface area contributed by atoms with Crippen molar-refractivity contribution in [3.8, 4) is 0 Å². The molecular weight excluding hydrogens is 263 g/mol. The van der Waals surface area contributed by atoms with Crippen molar-refractivity contribution in [1.82, 2.24) is 9.34 Å². The summed E-state index contributed by atoms with van der Waals surface area (Å²) in [6.45, 7) is 7.61. The minimum atomic E-state index is 0.0123. The van der Waals surface area contributed by atoms with E-state index < -0.39 is 0 Å². The highest BCUT2D eigenvalue weighted by Gasteiger charge is 2.42. The van der Waals surface area contributed by atoms with Crippen molar-refractivity contribution in [3.05, 3.63) is 0 Å². The van der Waals surface area contributed by atoms with E-state index in [-0.39, 0.29) is 8.22 Å². The Morgan fingerprint density at radius 1 is 0.750 bits per heavy atom. The van der Waals surface area contributed by atoms with Gasteiger partial charge in [-0.05, 0) is 51.4 Å². The van der Waals surface area contributed by atoms with Crippen molar-refractivity contribution in [1.29, 1.82) is 0 Å². The van der Waals surface area contributed by atoms with Gasteiger partial charge in [-0.1, -0.05) is 26.7 Å². The highest BCUT2D eigenvalue weighted by atomic mass is 31.1. The third kappa shape index (κ3) is 2.94. The zero-order valence-corrected chi connectivity index (χ0v) is 14.5. The molecule has 3 fully saturated rings. The molecule has 0 bridgehead atoms. The molecule has 2 atom stereocenters. The first-order valence-electron chi connectivity index (χ1n) is 9.17. The lowest BCUT2D eigenvalue weighted by Crippen LogP contribution is -2.38. The van der Waals surface area contributed by atoms with Gasteiger partial charge in [-0.25, -0.2) is 0 Å². The molecule has 3 rings (SSSR count). The Morgan fingerprint density at radius 2 is 1.25 bits per heavy atom. The van der Waals surface area contributed by atoms with Gasteiger partial charge in [-0.15, -0.1) is 0 Å². The van der Waals surface area contributed by atoms with Gasteiger partial charge >= 0.3 is 0 Å². The fourth-order valence-electron chi connectivity index (χ4n) is 4.71. The average Bonchev–Trinajstić information content (AvgIpc) is 3.21. The molecule has 0 aromatic carbocycles. The lowest BCUT2D eigenvalue weighted by atomic mass is 10.2. The van der Waals surface area contributed by atoms with Crippen molar-refractivity contribution < 1.29 is 0 Å². The Balaban J connectivity index is 1.79. The lowest BCUT2D eigenvalue weighted by molar-refractivity contribution is 0.337. The summed E-state index contributed by atoms with van der Waals surface area (Å²) in [5.74, 6) is 0. The molecular formula is C17H33N2P. The zero-order chi connectivity index (χ0) is 13.9. The van der Waals surface area contributed by atoms with Gasteiger partial charge < -0.3 is 0 Å². The van der Waals surface area contributed by atoms with Crippen molar-refractivity contribution in [3.63, 3.8) is 0 Å². The molecule has 1 aliphatic carbocycles. The molecule has 0 unspecified atom stereocenters. The Morgan fingerprint density at radius 3 is 1.70 bits per heavy atom. The number of hydrogen-bond donors (Lipinski definition) is 0. The van der Waals surface area contributed by atoms with Gasteiger partial charge in [0.15, 0.2) is 0 Å². The SMILES string of the molecule is CC[C@H]1CCCN1P(C1CCCC1)N1CCC[C@@H]1CC. The highest BCUT2D eigenvalue weighted by Crippen LogP contribution is 2.59. The molecule has 0 amide bonds. The number of rotatable bonds is 5. The topological polar surface area (TPSA) is 6.48 Å². The van der Waals surface area contributed by atoms with Crippen LogP contribution in [0.3, 0.4) is 0 Å². The first-order chi connectivity index (χ1) is 9.85. The quantitative estimate of drug-likeness (QED) is 0.659. The molecule has 2 aliphatic heterocycles. The van der Waals surface area contributed by atoms with E-state index in [2.05, 4.69) is 23.2 Å². The van der Waals surface area contributed by atoms with Crippen LogP contribution in [0.4, 0.5) is 0 Å². The first-order valence-corrected chi connectivity index (χ1v) is 10.5. The van der Waals surface area contributed by atoms with E-state index in [0.29, 0.717) is 0 Å². The fraction of sp³-hybridized carbons (Fsp3) is 1.00. The van der Waals surface area contributed by atoms with Gasteiger partial charge in [0.05, 0.1) is 0 Å². The van der Waals surface area contributed by atoms with Gasteiger partial charge in [0.2, 0.25) is 0 Å². The largest absolute Gasteiger partial charge is 0.267 e. The molecule has 3 heteroatoms. The van der Waals surface area contributed by atoms with E-state index in [1.165, 1.54) is 77.3 Å². The van der Waals surface area contributed by atoms with E-state index in [4.69, 9.17) is 0 Å². The van der Waals surface area contributed by atoms with Crippen LogP contribution in [0, 0.1) is 0 Å². The monoisotopic (exact) mass is 296 g/mol. The summed E-state index contributed by atoms with van der Waals surface area (Å²) in [6, 6.07) is 1.81. The van der Waals surface area contributed by atoms with Gasteiger partial charge in [-0.3, -0.25) is 9.34 Å². The summed E-state index contributed by atoms with van der Waals surface area (Å²) < 4.78 is 6.00. The zero-order valence-electron chi connectivity index (χ0n) is 13.6.